The van der Waals surface area contributed by atoms with Crippen LogP contribution in [0, 0.1) is 11.3 Å². The highest BCUT2D eigenvalue weighted by Gasteiger charge is 2.04. The lowest BCUT2D eigenvalue weighted by Gasteiger charge is -2.05. The van der Waals surface area contributed by atoms with Crippen molar-refractivity contribution in [3.63, 3.8) is 0 Å². The van der Waals surface area contributed by atoms with Crippen molar-refractivity contribution < 1.29 is 15.0 Å². The number of hydrogen-bond acceptors (Lipinski definition) is 3. The topological polar surface area (TPSA) is 81.3 Å². The minimum Gasteiger partial charge on any atom is -0.508 e. The molecule has 4 nitrogen and oxygen atoms in total. The van der Waals surface area contributed by atoms with Crippen molar-refractivity contribution in [2.75, 3.05) is 0 Å². The normalized spacial score (nSPS) is 10.0. The lowest BCUT2D eigenvalue weighted by atomic mass is 10.0. The smallest absolute Gasteiger partial charge is 0.335 e. The van der Waals surface area contributed by atoms with E-state index in [1.54, 1.807) is 24.3 Å². The molecule has 0 aromatic heterocycles. The fourth-order valence-electron chi connectivity index (χ4n) is 2.14. The number of phenols is 1. The highest BCUT2D eigenvalue weighted by molar-refractivity contribution is 5.87. The van der Waals surface area contributed by atoms with Crippen molar-refractivity contribution in [1.29, 1.82) is 5.26 Å². The molecule has 0 fully saturated rings. The number of aryl methyl sites for hydroxylation is 2. The Bertz CT molecular complexity index is 684. The summed E-state index contributed by atoms with van der Waals surface area (Å²) >= 11 is 0. The van der Waals surface area contributed by atoms with Crippen molar-refractivity contribution in [2.45, 2.75) is 19.3 Å². The summed E-state index contributed by atoms with van der Waals surface area (Å²) < 4.78 is 0. The second kappa shape index (κ2) is 6.58. The van der Waals surface area contributed by atoms with E-state index >= 15 is 0 Å². The number of benzene rings is 2. The first-order valence-corrected chi connectivity index (χ1v) is 6.64. The number of carboxylic acids is 1. The first-order chi connectivity index (χ1) is 10.1. The van der Waals surface area contributed by atoms with E-state index in [4.69, 9.17) is 10.4 Å². The average molecular weight is 281 g/mol. The molecule has 2 rings (SSSR count). The summed E-state index contributed by atoms with van der Waals surface area (Å²) in [4.78, 5) is 10.8. The molecule has 0 radical (unpaired) electrons. The molecule has 2 aromatic rings. The van der Waals surface area contributed by atoms with Gasteiger partial charge in [-0.3, -0.25) is 0 Å². The van der Waals surface area contributed by atoms with Crippen LogP contribution in [0.5, 0.6) is 5.75 Å². The van der Waals surface area contributed by atoms with E-state index in [1.807, 2.05) is 18.2 Å². The minimum absolute atomic E-state index is 0.148. The first-order valence-electron chi connectivity index (χ1n) is 6.64. The van der Waals surface area contributed by atoms with Gasteiger partial charge in [-0.2, -0.15) is 5.26 Å². The largest absolute Gasteiger partial charge is 0.508 e. The number of carboxylic acid groups (broad SMARTS) is 1. The number of aromatic hydroxyl groups is 1. The number of aromatic carboxylic acids is 1. The summed E-state index contributed by atoms with van der Waals surface area (Å²) in [5, 5.41) is 27.4. The molecule has 0 atom stereocenters. The maximum absolute atomic E-state index is 10.8. The summed E-state index contributed by atoms with van der Waals surface area (Å²) in [5.41, 5.74) is 2.60. The van der Waals surface area contributed by atoms with Gasteiger partial charge in [-0.1, -0.05) is 18.2 Å². The second-order valence-electron chi connectivity index (χ2n) is 4.81. The molecule has 0 saturated heterocycles. The zero-order chi connectivity index (χ0) is 15.2. The summed E-state index contributed by atoms with van der Waals surface area (Å²) in [6, 6.07) is 13.7. The number of hydrogen-bond donors (Lipinski definition) is 2. The van der Waals surface area contributed by atoms with Crippen molar-refractivity contribution in [2.24, 2.45) is 0 Å². The lowest BCUT2D eigenvalue weighted by Crippen LogP contribution is -1.96. The number of phenolic OH excluding ortho intramolecular Hbond substituents is 1. The maximum atomic E-state index is 10.8. The Kier molecular flexibility index (Phi) is 4.57. The van der Waals surface area contributed by atoms with Gasteiger partial charge in [0.05, 0.1) is 17.2 Å². The Balaban J connectivity index is 1.92. The summed E-state index contributed by atoms with van der Waals surface area (Å²) in [6.07, 6.45) is 2.35. The Morgan fingerprint density at radius 3 is 2.38 bits per heavy atom. The Morgan fingerprint density at radius 1 is 1.10 bits per heavy atom. The van der Waals surface area contributed by atoms with E-state index in [2.05, 4.69) is 0 Å². The predicted octanol–water partition coefficient (Wildman–Crippen LogP) is 3.14. The molecule has 0 saturated carbocycles. The Morgan fingerprint density at radius 2 is 1.81 bits per heavy atom. The van der Waals surface area contributed by atoms with Gasteiger partial charge in [0.2, 0.25) is 0 Å². The van der Waals surface area contributed by atoms with Crippen LogP contribution in [-0.2, 0) is 12.8 Å². The van der Waals surface area contributed by atoms with Crippen LogP contribution < -0.4 is 0 Å². The molecular formula is C17H15NO3. The molecule has 0 aliphatic heterocycles. The molecule has 0 bridgehead atoms. The van der Waals surface area contributed by atoms with Crippen LogP contribution in [-0.4, -0.2) is 16.2 Å². The lowest BCUT2D eigenvalue weighted by molar-refractivity contribution is 0.0697. The molecule has 0 heterocycles. The van der Waals surface area contributed by atoms with Crippen molar-refractivity contribution in [3.8, 4) is 11.8 Å². The van der Waals surface area contributed by atoms with E-state index in [0.29, 0.717) is 12.0 Å². The molecule has 0 aliphatic carbocycles. The van der Waals surface area contributed by atoms with Gasteiger partial charge in [0.15, 0.2) is 0 Å². The maximum Gasteiger partial charge on any atom is 0.335 e. The average Bonchev–Trinajstić information content (AvgIpc) is 2.49. The highest BCUT2D eigenvalue weighted by Crippen LogP contribution is 2.20. The van der Waals surface area contributed by atoms with Crippen LogP contribution in [0.3, 0.4) is 0 Å². The van der Waals surface area contributed by atoms with Gasteiger partial charge in [-0.15, -0.1) is 0 Å². The van der Waals surface area contributed by atoms with Gasteiger partial charge in [0.25, 0.3) is 0 Å². The zero-order valence-corrected chi connectivity index (χ0v) is 11.4. The van der Waals surface area contributed by atoms with Crippen molar-refractivity contribution in [1.82, 2.24) is 0 Å². The molecule has 2 aromatic carbocycles. The highest BCUT2D eigenvalue weighted by atomic mass is 16.4. The summed E-state index contributed by atoms with van der Waals surface area (Å²) in [6.45, 7) is 0. The number of nitriles is 1. The van der Waals surface area contributed by atoms with Gasteiger partial charge < -0.3 is 10.2 Å². The van der Waals surface area contributed by atoms with Crippen molar-refractivity contribution in [3.05, 3.63) is 64.7 Å². The van der Waals surface area contributed by atoms with Gasteiger partial charge in [0.1, 0.15) is 5.75 Å². The monoisotopic (exact) mass is 281 g/mol. The molecule has 0 unspecified atom stereocenters. The Labute approximate surface area is 122 Å². The number of carbonyl (C=O) groups is 1. The van der Waals surface area contributed by atoms with E-state index in [-0.39, 0.29) is 11.3 Å². The molecule has 106 valence electrons. The van der Waals surface area contributed by atoms with Gasteiger partial charge in [0, 0.05) is 0 Å². The molecule has 0 aliphatic rings. The quantitative estimate of drug-likeness (QED) is 0.882. The summed E-state index contributed by atoms with van der Waals surface area (Å²) in [7, 11) is 0. The fraction of sp³-hybridized carbons (Fsp3) is 0.176. The fourth-order valence-corrected chi connectivity index (χ4v) is 2.14. The van der Waals surface area contributed by atoms with Crippen molar-refractivity contribution >= 4 is 5.97 Å². The van der Waals surface area contributed by atoms with Gasteiger partial charge >= 0.3 is 5.97 Å². The molecule has 0 spiro atoms. The minimum atomic E-state index is -0.927. The SMILES string of the molecule is N#Cc1ccc(CCCc2ccc(C(=O)O)cc2)c(O)c1. The number of nitrogens with zero attached hydrogens (tertiary/aromatic N) is 1. The van der Waals surface area contributed by atoms with Crippen LogP contribution >= 0.6 is 0 Å². The Hall–Kier alpha value is -2.80. The van der Waals surface area contributed by atoms with Crippen LogP contribution in [0.4, 0.5) is 0 Å². The van der Waals surface area contributed by atoms with Gasteiger partial charge in [-0.05, 0) is 54.7 Å². The van der Waals surface area contributed by atoms with E-state index in [1.165, 1.54) is 6.07 Å². The molecule has 4 heteroatoms. The predicted molar refractivity (Wildman–Crippen MR) is 78.2 cm³/mol. The van der Waals surface area contributed by atoms with E-state index < -0.39 is 5.97 Å². The van der Waals surface area contributed by atoms with Crippen LogP contribution in [0.25, 0.3) is 0 Å². The zero-order valence-electron chi connectivity index (χ0n) is 11.4. The van der Waals surface area contributed by atoms with E-state index in [0.717, 1.165) is 24.0 Å². The molecule has 2 N–H and O–H groups in total. The molecule has 0 amide bonds. The third-order valence-electron chi connectivity index (χ3n) is 3.33. The number of rotatable bonds is 5. The van der Waals surface area contributed by atoms with E-state index in [9.17, 15) is 9.90 Å². The third kappa shape index (κ3) is 3.83. The second-order valence-corrected chi connectivity index (χ2v) is 4.81. The van der Waals surface area contributed by atoms with Crippen LogP contribution in [0.15, 0.2) is 42.5 Å². The molecular weight excluding hydrogens is 266 g/mol. The van der Waals surface area contributed by atoms with Gasteiger partial charge in [-0.25, -0.2) is 4.79 Å². The third-order valence-corrected chi connectivity index (χ3v) is 3.33. The molecule has 21 heavy (non-hydrogen) atoms. The first kappa shape index (κ1) is 14.6. The standard InChI is InChI=1S/C17H15NO3/c18-11-13-6-7-14(16(19)10-13)3-1-2-12-4-8-15(9-5-12)17(20)21/h4-10,19H,1-3H2,(H,20,21). The van der Waals surface area contributed by atoms with Crippen LogP contribution in [0.2, 0.25) is 0 Å². The summed E-state index contributed by atoms with van der Waals surface area (Å²) in [5.74, 6) is -0.778. The van der Waals surface area contributed by atoms with Crippen LogP contribution in [0.1, 0.15) is 33.5 Å².